The molecule has 0 aliphatic heterocycles. The highest BCUT2D eigenvalue weighted by Crippen LogP contribution is 2.34. The molecule has 0 aliphatic rings. The van der Waals surface area contributed by atoms with E-state index in [0.717, 1.165) is 17.8 Å². The summed E-state index contributed by atoms with van der Waals surface area (Å²) in [5.41, 5.74) is 9.93. The normalized spacial score (nSPS) is 10.6. The minimum Gasteiger partial charge on any atom is -0.456 e. The summed E-state index contributed by atoms with van der Waals surface area (Å²) in [7, 11) is 6.66. The Bertz CT molecular complexity index is 2230. The van der Waals surface area contributed by atoms with Crippen LogP contribution in [-0.4, -0.2) is 17.4 Å². The summed E-state index contributed by atoms with van der Waals surface area (Å²) in [6.45, 7) is 13.6. The van der Waals surface area contributed by atoms with Crippen LogP contribution >= 0.6 is 0 Å². The number of fused-ring (bicyclic) bond motifs is 7. The maximum atomic E-state index is 5.65. The van der Waals surface area contributed by atoms with E-state index >= 15 is 0 Å². The fourth-order valence-corrected chi connectivity index (χ4v) is 6.27. The monoisotopic (exact) mass is 618 g/mol. The van der Waals surface area contributed by atoms with Crippen molar-refractivity contribution < 1.29 is 4.42 Å². The molecule has 0 fully saturated rings. The van der Waals surface area contributed by atoms with E-state index in [1.165, 1.54) is 72.5 Å². The second-order valence-electron chi connectivity index (χ2n) is 10.7. The van der Waals surface area contributed by atoms with Gasteiger partial charge in [0.15, 0.2) is 0 Å². The largest absolute Gasteiger partial charge is 0.456 e. The molecule has 8 rings (SSSR count). The Hall–Kier alpha value is -4.96. The van der Waals surface area contributed by atoms with Crippen LogP contribution in [0.1, 0.15) is 57.1 Å². The maximum absolute atomic E-state index is 5.65. The molecule has 0 saturated carbocycles. The Morgan fingerprint density at radius 2 is 1.19 bits per heavy atom. The quantitative estimate of drug-likeness (QED) is 0.196. The average molecular weight is 619 g/mol. The molecular weight excluding hydrogens is 571 g/mol. The molecule has 0 unspecified atom stereocenters. The molecule has 47 heavy (non-hydrogen) atoms. The lowest BCUT2D eigenvalue weighted by atomic mass is 9.96. The van der Waals surface area contributed by atoms with Crippen LogP contribution in [-0.2, 0) is 13.5 Å². The molecule has 3 heterocycles. The Balaban J connectivity index is 0.000000222. The molecule has 3 nitrogen and oxygen atoms in total. The Labute approximate surface area is 281 Å². The van der Waals surface area contributed by atoms with Gasteiger partial charge in [0.1, 0.15) is 11.3 Å². The number of H-pyrrole nitrogens is 1. The second-order valence-corrected chi connectivity index (χ2v) is 10.7. The zero-order chi connectivity index (χ0) is 33.9. The van der Waals surface area contributed by atoms with Crippen LogP contribution < -0.4 is 0 Å². The summed E-state index contributed by atoms with van der Waals surface area (Å²) in [5, 5.41) is 6.56. The minimum atomic E-state index is 0.921. The van der Waals surface area contributed by atoms with Gasteiger partial charge in [0.05, 0.1) is 7.85 Å². The van der Waals surface area contributed by atoms with Crippen molar-refractivity contribution in [2.45, 2.75) is 54.8 Å². The summed E-state index contributed by atoms with van der Waals surface area (Å²) in [6, 6.07) is 38.7. The van der Waals surface area contributed by atoms with E-state index in [1.807, 2.05) is 65.0 Å². The molecule has 238 valence electrons. The first-order chi connectivity index (χ1) is 23.1. The van der Waals surface area contributed by atoms with Crippen LogP contribution in [0.3, 0.4) is 0 Å². The maximum Gasteiger partial charge on any atom is 0.135 e. The van der Waals surface area contributed by atoms with Gasteiger partial charge in [-0.05, 0) is 67.8 Å². The molecule has 0 atom stereocenters. The molecule has 0 amide bonds. The predicted molar refractivity (Wildman–Crippen MR) is 209 cm³/mol. The van der Waals surface area contributed by atoms with Crippen molar-refractivity contribution in [3.8, 4) is 0 Å². The number of para-hydroxylation sites is 3. The number of benzene rings is 5. The number of furan rings is 1. The van der Waals surface area contributed by atoms with Gasteiger partial charge in [0.25, 0.3) is 0 Å². The van der Waals surface area contributed by atoms with Gasteiger partial charge in [-0.2, -0.15) is 0 Å². The van der Waals surface area contributed by atoms with Crippen molar-refractivity contribution in [1.82, 2.24) is 9.55 Å². The number of aromatic amines is 1. The molecule has 0 spiro atoms. The van der Waals surface area contributed by atoms with Crippen LogP contribution in [0.2, 0.25) is 6.82 Å². The van der Waals surface area contributed by atoms with Gasteiger partial charge in [-0.3, -0.25) is 0 Å². The summed E-state index contributed by atoms with van der Waals surface area (Å²) >= 11 is 0. The Kier molecular flexibility index (Phi) is 12.3. The smallest absolute Gasteiger partial charge is 0.135 e. The number of hydrogen-bond acceptors (Lipinski definition) is 1. The third-order valence-corrected chi connectivity index (χ3v) is 8.22. The summed E-state index contributed by atoms with van der Waals surface area (Å²) in [6.07, 6.45) is 4.91. The Morgan fingerprint density at radius 3 is 1.89 bits per heavy atom. The first kappa shape index (κ1) is 34.9. The van der Waals surface area contributed by atoms with Gasteiger partial charge in [-0.25, -0.2) is 0 Å². The highest BCUT2D eigenvalue weighted by Gasteiger charge is 2.14. The predicted octanol–water partition coefficient (Wildman–Crippen LogP) is 12.6. The van der Waals surface area contributed by atoms with Gasteiger partial charge in [0, 0.05) is 61.6 Å². The zero-order valence-electron chi connectivity index (χ0n) is 29.2. The lowest BCUT2D eigenvalue weighted by Gasteiger charge is -2.07. The van der Waals surface area contributed by atoms with Crippen molar-refractivity contribution in [2.75, 3.05) is 0 Å². The van der Waals surface area contributed by atoms with Crippen molar-refractivity contribution >= 4 is 68.5 Å². The molecule has 0 aliphatic carbocycles. The number of hydrogen-bond donors (Lipinski definition) is 1. The highest BCUT2D eigenvalue weighted by atomic mass is 16.3. The number of rotatable bonds is 3. The standard InChI is InChI=1S/C26H20N2.C12H12O.2C2H6.CH3B/c1-28-23-14-5-3-11-20(23)26-18(9-7-15-24(26)28)16-17-8-6-13-22-25(17)19-10-2-4-12-21(19)27-22;1-3-6-11-9(2)10-7-4-5-8-12(10)13-11;3*1-2/h2-15,27H,16H2,1H3;3-8H,1-2H3;2*1-2H3;1H3/b;6-3-;;;. The van der Waals surface area contributed by atoms with E-state index in [-0.39, 0.29) is 0 Å². The molecule has 5 aromatic carbocycles. The lowest BCUT2D eigenvalue weighted by Crippen LogP contribution is -1.91. The van der Waals surface area contributed by atoms with Crippen molar-refractivity contribution in [3.05, 3.63) is 138 Å². The van der Waals surface area contributed by atoms with Gasteiger partial charge in [-0.15, -0.1) is 0 Å². The molecule has 4 heteroatoms. The molecule has 2 radical (unpaired) electrons. The van der Waals surface area contributed by atoms with Crippen LogP contribution in [0.25, 0.3) is 60.7 Å². The second kappa shape index (κ2) is 16.6. The van der Waals surface area contributed by atoms with Gasteiger partial charge in [0.2, 0.25) is 0 Å². The first-order valence-electron chi connectivity index (χ1n) is 16.8. The van der Waals surface area contributed by atoms with Crippen LogP contribution in [0, 0.1) is 6.92 Å². The van der Waals surface area contributed by atoms with Crippen molar-refractivity contribution in [3.63, 3.8) is 0 Å². The van der Waals surface area contributed by atoms with Crippen LogP contribution in [0.15, 0.2) is 120 Å². The molecule has 0 bridgehead atoms. The topological polar surface area (TPSA) is 33.9 Å². The summed E-state index contributed by atoms with van der Waals surface area (Å²) < 4.78 is 7.96. The van der Waals surface area contributed by atoms with Gasteiger partial charge in [-0.1, -0.05) is 119 Å². The molecular formula is C43H47BN2O. The molecule has 0 saturated heterocycles. The van der Waals surface area contributed by atoms with E-state index in [2.05, 4.69) is 122 Å². The van der Waals surface area contributed by atoms with Crippen molar-refractivity contribution in [2.24, 2.45) is 7.05 Å². The number of nitrogens with zero attached hydrogens (tertiary/aromatic N) is 1. The summed E-state index contributed by atoms with van der Waals surface area (Å²) in [5.74, 6) is 0.962. The van der Waals surface area contributed by atoms with E-state index in [4.69, 9.17) is 4.42 Å². The molecule has 8 aromatic rings. The van der Waals surface area contributed by atoms with E-state index in [9.17, 15) is 0 Å². The van der Waals surface area contributed by atoms with Crippen LogP contribution in [0.4, 0.5) is 0 Å². The third-order valence-electron chi connectivity index (χ3n) is 8.22. The lowest BCUT2D eigenvalue weighted by molar-refractivity contribution is 0.601. The number of aromatic nitrogens is 2. The zero-order valence-corrected chi connectivity index (χ0v) is 29.2. The molecule has 1 N–H and O–H groups in total. The molecule has 3 aromatic heterocycles. The van der Waals surface area contributed by atoms with E-state index in [1.54, 1.807) is 0 Å². The van der Waals surface area contributed by atoms with Crippen molar-refractivity contribution in [1.29, 1.82) is 0 Å². The SMILES string of the molecule is C/C=C\c1oc2ccccc2c1C.CC.CC.Cn1c2ccccc2c2c(Cc3cccc4[nH]c5ccccc5c34)cccc21.[B]C. The van der Waals surface area contributed by atoms with E-state index < -0.39 is 0 Å². The number of allylic oxidation sites excluding steroid dienone is 1. The number of aryl methyl sites for hydroxylation is 2. The third kappa shape index (κ3) is 6.93. The number of nitrogens with one attached hydrogen (secondary N) is 1. The minimum absolute atomic E-state index is 0.921. The fraction of sp³-hybridized carbons (Fsp3) is 0.209. The van der Waals surface area contributed by atoms with Gasteiger partial charge < -0.3 is 14.0 Å². The highest BCUT2D eigenvalue weighted by molar-refractivity contribution is 6.11. The average Bonchev–Trinajstić information content (AvgIpc) is 3.78. The summed E-state index contributed by atoms with van der Waals surface area (Å²) in [4.78, 5) is 3.57. The fourth-order valence-electron chi connectivity index (χ4n) is 6.27. The van der Waals surface area contributed by atoms with E-state index in [0.29, 0.717) is 0 Å². The van der Waals surface area contributed by atoms with Crippen LogP contribution in [0.5, 0.6) is 0 Å². The van der Waals surface area contributed by atoms with Gasteiger partial charge >= 0.3 is 0 Å². The first-order valence-corrected chi connectivity index (χ1v) is 16.8. The Morgan fingerprint density at radius 1 is 0.638 bits per heavy atom.